The van der Waals surface area contributed by atoms with Crippen LogP contribution in [0.4, 0.5) is 5.95 Å². The van der Waals surface area contributed by atoms with E-state index >= 15 is 0 Å². The molecule has 0 radical (unpaired) electrons. The minimum absolute atomic E-state index is 0.150. The van der Waals surface area contributed by atoms with Gasteiger partial charge in [0.2, 0.25) is 11.9 Å². The van der Waals surface area contributed by atoms with Gasteiger partial charge in [0.15, 0.2) is 0 Å². The number of hydrogen-bond acceptors (Lipinski definition) is 3. The highest BCUT2D eigenvalue weighted by molar-refractivity contribution is 5.81. The fourth-order valence-electron chi connectivity index (χ4n) is 5.27. The van der Waals surface area contributed by atoms with Gasteiger partial charge in [0.05, 0.1) is 11.0 Å². The van der Waals surface area contributed by atoms with Crippen LogP contribution in [0.5, 0.6) is 0 Å². The number of imidazole rings is 1. The van der Waals surface area contributed by atoms with Gasteiger partial charge in [-0.05, 0) is 76.1 Å². The topological polar surface area (TPSA) is 50.2 Å². The van der Waals surface area contributed by atoms with Gasteiger partial charge in [0, 0.05) is 31.1 Å². The van der Waals surface area contributed by atoms with Gasteiger partial charge in [-0.15, -0.1) is 0 Å². The van der Waals surface area contributed by atoms with E-state index in [0.29, 0.717) is 12.1 Å². The smallest absolute Gasteiger partial charge is 0.223 e. The Balaban J connectivity index is 1.53. The molecule has 2 heterocycles. The number of nitrogens with one attached hydrogen (secondary N) is 1. The van der Waals surface area contributed by atoms with Crippen LogP contribution in [-0.4, -0.2) is 34.6 Å². The zero-order chi connectivity index (χ0) is 21.3. The summed E-state index contributed by atoms with van der Waals surface area (Å²) in [4.78, 5) is 20.2. The first-order valence-corrected chi connectivity index (χ1v) is 12.0. The molecule has 1 aromatic heterocycles. The fraction of sp³-hybridized carbons (Fsp3) is 0.680. The summed E-state index contributed by atoms with van der Waals surface area (Å²) in [6.07, 6.45) is 8.97. The monoisotopic (exact) mass is 410 g/mol. The summed E-state index contributed by atoms with van der Waals surface area (Å²) in [5.74, 6) is 1.52. The van der Waals surface area contributed by atoms with Crippen molar-refractivity contribution in [2.75, 3.05) is 18.0 Å². The average molecular weight is 411 g/mol. The van der Waals surface area contributed by atoms with Crippen molar-refractivity contribution in [3.63, 3.8) is 0 Å². The highest BCUT2D eigenvalue weighted by Gasteiger charge is 2.30. The summed E-state index contributed by atoms with van der Waals surface area (Å²) < 4.78 is 2.45. The number of fused-ring (bicyclic) bond motifs is 1. The van der Waals surface area contributed by atoms with Crippen molar-refractivity contribution < 1.29 is 4.79 Å². The zero-order valence-electron chi connectivity index (χ0n) is 19.2. The van der Waals surface area contributed by atoms with E-state index in [1.807, 2.05) is 0 Å². The van der Waals surface area contributed by atoms with Crippen molar-refractivity contribution >= 4 is 22.9 Å². The van der Waals surface area contributed by atoms with E-state index in [0.717, 1.165) is 63.1 Å². The molecule has 2 aromatic rings. The van der Waals surface area contributed by atoms with Gasteiger partial charge in [0.25, 0.3) is 0 Å². The predicted molar refractivity (Wildman–Crippen MR) is 124 cm³/mol. The number of nitrogens with zero attached hydrogens (tertiary/aromatic N) is 3. The number of anilines is 1. The summed E-state index contributed by atoms with van der Waals surface area (Å²) in [5.41, 5.74) is 4.96. The van der Waals surface area contributed by atoms with Gasteiger partial charge in [-0.2, -0.15) is 0 Å². The SMILES string of the molecule is CCCC(C)n1c(N2CCC(C(=O)NC3CCCC3)CC2)nc2cc(C)c(C)cc21. The lowest BCUT2D eigenvalue weighted by molar-refractivity contribution is -0.126. The van der Waals surface area contributed by atoms with Crippen LogP contribution in [0.1, 0.15) is 82.4 Å². The molecule has 1 atom stereocenters. The van der Waals surface area contributed by atoms with Gasteiger partial charge in [-0.25, -0.2) is 4.98 Å². The Kier molecular flexibility index (Phi) is 6.35. The maximum absolute atomic E-state index is 12.7. The average Bonchev–Trinajstić information content (AvgIpc) is 3.36. The maximum atomic E-state index is 12.7. The number of rotatable bonds is 6. The number of amides is 1. The molecule has 30 heavy (non-hydrogen) atoms. The molecular formula is C25H38N4O. The molecule has 1 N–H and O–H groups in total. The number of aryl methyl sites for hydroxylation is 2. The van der Waals surface area contributed by atoms with Gasteiger partial charge in [0.1, 0.15) is 0 Å². The molecule has 1 aromatic carbocycles. The first-order chi connectivity index (χ1) is 14.5. The molecule has 2 fully saturated rings. The quantitative estimate of drug-likeness (QED) is 0.704. The van der Waals surface area contributed by atoms with Gasteiger partial charge in [-0.3, -0.25) is 4.79 Å². The lowest BCUT2D eigenvalue weighted by atomic mass is 9.95. The second kappa shape index (κ2) is 8.99. The standard InChI is InChI=1S/C25H38N4O/c1-5-8-19(4)29-23-16-18(3)17(2)15-22(23)27-25(29)28-13-11-20(12-14-28)24(30)26-21-9-6-7-10-21/h15-16,19-21H,5-14H2,1-4H3,(H,26,30). The van der Waals surface area contributed by atoms with Crippen LogP contribution in [0.2, 0.25) is 0 Å². The Hall–Kier alpha value is -2.04. The number of carbonyl (C=O) groups excluding carboxylic acids is 1. The van der Waals surface area contributed by atoms with Crippen LogP contribution in [0.25, 0.3) is 11.0 Å². The molecule has 4 rings (SSSR count). The van der Waals surface area contributed by atoms with Crippen molar-refractivity contribution in [1.29, 1.82) is 0 Å². The van der Waals surface area contributed by atoms with E-state index in [4.69, 9.17) is 4.98 Å². The molecule has 5 nitrogen and oxygen atoms in total. The highest BCUT2D eigenvalue weighted by Crippen LogP contribution is 2.33. The van der Waals surface area contributed by atoms with Crippen LogP contribution in [0.3, 0.4) is 0 Å². The molecule has 164 valence electrons. The lowest BCUT2D eigenvalue weighted by Crippen LogP contribution is -2.43. The number of piperidine rings is 1. The highest BCUT2D eigenvalue weighted by atomic mass is 16.1. The third-order valence-corrected chi connectivity index (χ3v) is 7.28. The number of carbonyl (C=O) groups is 1. The molecule has 1 aliphatic heterocycles. The molecule has 1 amide bonds. The van der Waals surface area contributed by atoms with Crippen LogP contribution >= 0.6 is 0 Å². The molecule has 5 heteroatoms. The number of aromatic nitrogens is 2. The van der Waals surface area contributed by atoms with Crippen LogP contribution in [-0.2, 0) is 4.79 Å². The Bertz CT molecular complexity index is 888. The summed E-state index contributed by atoms with van der Waals surface area (Å²) in [6.45, 7) is 10.7. The molecule has 0 bridgehead atoms. The molecule has 1 aliphatic carbocycles. The molecule has 0 spiro atoms. The van der Waals surface area contributed by atoms with Crippen molar-refractivity contribution in [3.05, 3.63) is 23.3 Å². The van der Waals surface area contributed by atoms with Gasteiger partial charge in [-0.1, -0.05) is 26.2 Å². The number of benzene rings is 1. The molecule has 1 saturated heterocycles. The zero-order valence-corrected chi connectivity index (χ0v) is 19.2. The minimum Gasteiger partial charge on any atom is -0.353 e. The molecular weight excluding hydrogens is 372 g/mol. The number of hydrogen-bond donors (Lipinski definition) is 1. The predicted octanol–water partition coefficient (Wildman–Crippen LogP) is 5.29. The third kappa shape index (κ3) is 4.21. The second-order valence-corrected chi connectivity index (χ2v) is 9.60. The van der Waals surface area contributed by atoms with Gasteiger partial charge < -0.3 is 14.8 Å². The first kappa shape index (κ1) is 21.2. The second-order valence-electron chi connectivity index (χ2n) is 9.60. The van der Waals surface area contributed by atoms with E-state index in [2.05, 4.69) is 54.6 Å². The normalized spacial score (nSPS) is 19.5. The van der Waals surface area contributed by atoms with E-state index in [-0.39, 0.29) is 11.8 Å². The van der Waals surface area contributed by atoms with Crippen molar-refractivity contribution in [2.45, 2.75) is 91.1 Å². The van der Waals surface area contributed by atoms with E-state index in [9.17, 15) is 4.79 Å². The Morgan fingerprint density at radius 2 is 1.80 bits per heavy atom. The van der Waals surface area contributed by atoms with Crippen molar-refractivity contribution in [1.82, 2.24) is 14.9 Å². The van der Waals surface area contributed by atoms with Crippen LogP contribution in [0.15, 0.2) is 12.1 Å². The van der Waals surface area contributed by atoms with Crippen LogP contribution in [0, 0.1) is 19.8 Å². The molecule has 1 saturated carbocycles. The van der Waals surface area contributed by atoms with Crippen molar-refractivity contribution in [2.24, 2.45) is 5.92 Å². The Morgan fingerprint density at radius 1 is 1.13 bits per heavy atom. The van der Waals surface area contributed by atoms with E-state index in [1.54, 1.807) is 0 Å². The van der Waals surface area contributed by atoms with E-state index < -0.39 is 0 Å². The first-order valence-electron chi connectivity index (χ1n) is 12.0. The fourth-order valence-corrected chi connectivity index (χ4v) is 5.27. The maximum Gasteiger partial charge on any atom is 0.223 e. The summed E-state index contributed by atoms with van der Waals surface area (Å²) in [7, 11) is 0. The van der Waals surface area contributed by atoms with Gasteiger partial charge >= 0.3 is 0 Å². The molecule has 1 unspecified atom stereocenters. The summed E-state index contributed by atoms with van der Waals surface area (Å²) in [5, 5.41) is 3.31. The lowest BCUT2D eigenvalue weighted by Gasteiger charge is -2.33. The summed E-state index contributed by atoms with van der Waals surface area (Å²) in [6, 6.07) is 5.36. The Labute approximate surface area is 181 Å². The summed E-state index contributed by atoms with van der Waals surface area (Å²) >= 11 is 0. The van der Waals surface area contributed by atoms with Crippen molar-refractivity contribution in [3.8, 4) is 0 Å². The van der Waals surface area contributed by atoms with E-state index in [1.165, 1.54) is 29.5 Å². The molecule has 2 aliphatic rings. The minimum atomic E-state index is 0.150. The largest absolute Gasteiger partial charge is 0.353 e. The Morgan fingerprint density at radius 3 is 2.47 bits per heavy atom. The third-order valence-electron chi connectivity index (χ3n) is 7.28. The van der Waals surface area contributed by atoms with Crippen LogP contribution < -0.4 is 10.2 Å².